The zero-order chi connectivity index (χ0) is 10.5. The Morgan fingerprint density at radius 3 is 2.79 bits per heavy atom. The molecule has 0 spiro atoms. The second kappa shape index (κ2) is 2.79. The molecule has 2 aliphatic rings. The fourth-order valence-electron chi connectivity index (χ4n) is 2.45. The molecule has 4 heteroatoms. The Hall–Kier alpha value is -0.900. The van der Waals surface area contributed by atoms with Crippen LogP contribution in [0, 0.1) is 5.92 Å². The SMILES string of the molecule is CC(=O)[C@H]1C(=O)N2[C@@H]1CCOC2(C)C. The summed E-state index contributed by atoms with van der Waals surface area (Å²) in [7, 11) is 0. The van der Waals surface area contributed by atoms with Crippen molar-refractivity contribution in [2.75, 3.05) is 6.61 Å². The Balaban J connectivity index is 2.22. The second-order valence-corrected chi connectivity index (χ2v) is 4.45. The average Bonchev–Trinajstić information content (AvgIpc) is 1.99. The molecule has 0 radical (unpaired) electrons. The Bertz CT molecular complexity index is 298. The Morgan fingerprint density at radius 1 is 1.57 bits per heavy atom. The van der Waals surface area contributed by atoms with Crippen molar-refractivity contribution in [2.45, 2.75) is 39.0 Å². The first-order chi connectivity index (χ1) is 6.45. The summed E-state index contributed by atoms with van der Waals surface area (Å²) in [6.07, 6.45) is 0.777. The third kappa shape index (κ3) is 1.10. The molecule has 0 aromatic rings. The van der Waals surface area contributed by atoms with E-state index in [1.54, 1.807) is 4.90 Å². The van der Waals surface area contributed by atoms with Crippen LogP contribution in [-0.4, -0.2) is 35.0 Å². The number of β-lactam (4-membered cyclic amide) rings is 1. The Labute approximate surface area is 83.2 Å². The summed E-state index contributed by atoms with van der Waals surface area (Å²) in [4.78, 5) is 24.6. The molecular weight excluding hydrogens is 182 g/mol. The molecule has 2 fully saturated rings. The first-order valence-corrected chi connectivity index (χ1v) is 4.93. The van der Waals surface area contributed by atoms with Crippen LogP contribution in [0.2, 0.25) is 0 Å². The molecule has 0 bridgehead atoms. The quantitative estimate of drug-likeness (QED) is 0.456. The number of ether oxygens (including phenoxy) is 1. The van der Waals surface area contributed by atoms with E-state index in [4.69, 9.17) is 4.74 Å². The van der Waals surface area contributed by atoms with E-state index in [2.05, 4.69) is 0 Å². The van der Waals surface area contributed by atoms with Gasteiger partial charge in [-0.15, -0.1) is 0 Å². The summed E-state index contributed by atoms with van der Waals surface area (Å²) in [5.74, 6) is -0.501. The number of carbonyl (C=O) groups excluding carboxylic acids is 2. The minimum absolute atomic E-state index is 0.0195. The molecule has 2 rings (SSSR count). The maximum atomic E-state index is 11.7. The molecule has 2 aliphatic heterocycles. The highest BCUT2D eigenvalue weighted by Gasteiger charge is 2.57. The van der Waals surface area contributed by atoms with Gasteiger partial charge >= 0.3 is 0 Å². The molecule has 0 N–H and O–H groups in total. The van der Waals surface area contributed by atoms with E-state index in [0.29, 0.717) is 6.61 Å². The summed E-state index contributed by atoms with van der Waals surface area (Å²) in [5.41, 5.74) is -0.536. The smallest absolute Gasteiger partial charge is 0.237 e. The Kier molecular flexibility index (Phi) is 1.93. The molecule has 2 atom stereocenters. The lowest BCUT2D eigenvalue weighted by molar-refractivity contribution is -0.230. The van der Waals surface area contributed by atoms with Crippen molar-refractivity contribution in [3.05, 3.63) is 0 Å². The number of hydrogen-bond donors (Lipinski definition) is 0. The first kappa shape index (κ1) is 9.65. The third-order valence-corrected chi connectivity index (χ3v) is 3.11. The van der Waals surface area contributed by atoms with E-state index in [9.17, 15) is 9.59 Å². The standard InChI is InChI=1S/C10H15NO3/c1-6(12)8-7-4-5-14-10(2,3)11(7)9(8)13/h7-8H,4-5H2,1-3H3/t7-,8-/m1/s1. The van der Waals surface area contributed by atoms with Crippen LogP contribution in [0.5, 0.6) is 0 Å². The second-order valence-electron chi connectivity index (χ2n) is 4.45. The molecule has 0 aromatic heterocycles. The van der Waals surface area contributed by atoms with Gasteiger partial charge in [0.1, 0.15) is 17.4 Å². The van der Waals surface area contributed by atoms with E-state index >= 15 is 0 Å². The predicted octanol–water partition coefficient (Wildman–Crippen LogP) is 0.559. The molecule has 0 aliphatic carbocycles. The van der Waals surface area contributed by atoms with Gasteiger partial charge in [-0.1, -0.05) is 0 Å². The van der Waals surface area contributed by atoms with Crippen LogP contribution in [0.15, 0.2) is 0 Å². The van der Waals surface area contributed by atoms with Crippen LogP contribution in [0.1, 0.15) is 27.2 Å². The molecule has 14 heavy (non-hydrogen) atoms. The fraction of sp³-hybridized carbons (Fsp3) is 0.800. The van der Waals surface area contributed by atoms with Gasteiger partial charge in [-0.25, -0.2) is 0 Å². The lowest BCUT2D eigenvalue weighted by Crippen LogP contribution is -2.72. The molecule has 2 saturated heterocycles. The van der Waals surface area contributed by atoms with Gasteiger partial charge in [0.25, 0.3) is 0 Å². The lowest BCUT2D eigenvalue weighted by Gasteiger charge is -2.56. The lowest BCUT2D eigenvalue weighted by atomic mass is 9.79. The highest BCUT2D eigenvalue weighted by atomic mass is 16.5. The van der Waals surface area contributed by atoms with Gasteiger partial charge in [0.15, 0.2) is 0 Å². The number of rotatable bonds is 1. The minimum atomic E-state index is -0.536. The predicted molar refractivity (Wildman–Crippen MR) is 49.5 cm³/mol. The number of Topliss-reactive ketones (excluding diaryl/α,β-unsaturated/α-hetero) is 1. The maximum Gasteiger partial charge on any atom is 0.237 e. The number of fused-ring (bicyclic) bond motifs is 1. The van der Waals surface area contributed by atoms with Crippen molar-refractivity contribution in [1.29, 1.82) is 0 Å². The van der Waals surface area contributed by atoms with Crippen LogP contribution in [0.3, 0.4) is 0 Å². The zero-order valence-corrected chi connectivity index (χ0v) is 8.74. The largest absolute Gasteiger partial charge is 0.356 e. The van der Waals surface area contributed by atoms with Gasteiger partial charge in [-0.3, -0.25) is 9.59 Å². The van der Waals surface area contributed by atoms with E-state index in [-0.39, 0.29) is 17.7 Å². The zero-order valence-electron chi connectivity index (χ0n) is 8.74. The van der Waals surface area contributed by atoms with Crippen molar-refractivity contribution in [3.63, 3.8) is 0 Å². The van der Waals surface area contributed by atoms with Crippen molar-refractivity contribution >= 4 is 11.7 Å². The monoisotopic (exact) mass is 197 g/mol. The van der Waals surface area contributed by atoms with Gasteiger partial charge in [-0.05, 0) is 27.2 Å². The van der Waals surface area contributed by atoms with E-state index in [1.807, 2.05) is 13.8 Å². The summed E-state index contributed by atoms with van der Waals surface area (Å²) < 4.78 is 5.49. The van der Waals surface area contributed by atoms with Gasteiger partial charge in [0.05, 0.1) is 12.6 Å². The van der Waals surface area contributed by atoms with Crippen LogP contribution in [0.25, 0.3) is 0 Å². The van der Waals surface area contributed by atoms with E-state index in [0.717, 1.165) is 6.42 Å². The average molecular weight is 197 g/mol. The molecule has 0 saturated carbocycles. The summed E-state index contributed by atoms with van der Waals surface area (Å²) in [6, 6.07) is 0.0729. The minimum Gasteiger partial charge on any atom is -0.356 e. The fourth-order valence-corrected chi connectivity index (χ4v) is 2.45. The summed E-state index contributed by atoms with van der Waals surface area (Å²) in [5, 5.41) is 0. The van der Waals surface area contributed by atoms with Gasteiger partial charge in [0, 0.05) is 0 Å². The van der Waals surface area contributed by atoms with Gasteiger partial charge in [-0.2, -0.15) is 0 Å². The number of amides is 1. The summed E-state index contributed by atoms with van der Waals surface area (Å²) >= 11 is 0. The van der Waals surface area contributed by atoms with Crippen molar-refractivity contribution < 1.29 is 14.3 Å². The maximum absolute atomic E-state index is 11.7. The van der Waals surface area contributed by atoms with Crippen LogP contribution in [0.4, 0.5) is 0 Å². The van der Waals surface area contributed by atoms with Crippen molar-refractivity contribution in [1.82, 2.24) is 4.90 Å². The molecular formula is C10H15NO3. The molecule has 0 aromatic carbocycles. The normalized spacial score (nSPS) is 34.8. The van der Waals surface area contributed by atoms with Gasteiger partial charge in [0.2, 0.25) is 5.91 Å². The van der Waals surface area contributed by atoms with Crippen molar-refractivity contribution in [2.24, 2.45) is 5.92 Å². The van der Waals surface area contributed by atoms with E-state index < -0.39 is 11.6 Å². The Morgan fingerprint density at radius 2 is 2.21 bits per heavy atom. The number of ketones is 1. The highest BCUT2D eigenvalue weighted by molar-refractivity contribution is 6.05. The highest BCUT2D eigenvalue weighted by Crippen LogP contribution is 2.40. The van der Waals surface area contributed by atoms with Gasteiger partial charge < -0.3 is 9.64 Å². The molecule has 78 valence electrons. The number of hydrogen-bond acceptors (Lipinski definition) is 3. The molecule has 0 unspecified atom stereocenters. The van der Waals surface area contributed by atoms with Crippen LogP contribution >= 0.6 is 0 Å². The number of nitrogens with zero attached hydrogens (tertiary/aromatic N) is 1. The topological polar surface area (TPSA) is 46.6 Å². The molecule has 1 amide bonds. The molecule has 2 heterocycles. The van der Waals surface area contributed by atoms with Crippen LogP contribution < -0.4 is 0 Å². The van der Waals surface area contributed by atoms with Crippen molar-refractivity contribution in [3.8, 4) is 0 Å². The third-order valence-electron chi connectivity index (χ3n) is 3.11. The van der Waals surface area contributed by atoms with Crippen LogP contribution in [-0.2, 0) is 14.3 Å². The van der Waals surface area contributed by atoms with E-state index in [1.165, 1.54) is 6.92 Å². The number of carbonyl (C=O) groups is 2. The summed E-state index contributed by atoms with van der Waals surface area (Å²) in [6.45, 7) is 5.86. The molecule has 4 nitrogen and oxygen atoms in total. The first-order valence-electron chi connectivity index (χ1n) is 4.93.